The molecule has 0 aromatic heterocycles. The Labute approximate surface area is 100 Å². The molecule has 1 nitrogen and oxygen atoms in total. The number of fused-ring (bicyclic) bond motifs is 1. The van der Waals surface area contributed by atoms with Crippen molar-refractivity contribution < 1.29 is 4.39 Å². The van der Waals surface area contributed by atoms with Crippen molar-refractivity contribution in [1.29, 1.82) is 0 Å². The zero-order valence-corrected chi connectivity index (χ0v) is 9.49. The fourth-order valence-electron chi connectivity index (χ4n) is 2.53. The molecule has 1 N–H and O–H groups in total. The van der Waals surface area contributed by atoms with Crippen molar-refractivity contribution in [2.45, 2.75) is 12.5 Å². The van der Waals surface area contributed by atoms with Gasteiger partial charge in [-0.25, -0.2) is 4.39 Å². The zero-order valence-electron chi connectivity index (χ0n) is 9.49. The highest BCUT2D eigenvalue weighted by Crippen LogP contribution is 2.31. The molecule has 3 rings (SSSR count). The third-order valence-corrected chi connectivity index (χ3v) is 3.38. The lowest BCUT2D eigenvalue weighted by Gasteiger charge is -2.27. The maximum Gasteiger partial charge on any atom is 0.127 e. The van der Waals surface area contributed by atoms with Gasteiger partial charge in [0, 0.05) is 19.0 Å². The quantitative estimate of drug-likeness (QED) is 0.789. The summed E-state index contributed by atoms with van der Waals surface area (Å²) in [7, 11) is 0. The van der Waals surface area contributed by atoms with Gasteiger partial charge in [0.2, 0.25) is 0 Å². The van der Waals surface area contributed by atoms with E-state index >= 15 is 0 Å². The minimum atomic E-state index is -0.115. The highest BCUT2D eigenvalue weighted by molar-refractivity contribution is 5.40. The standard InChI is InChI=1S/C15H14FN/c16-15-8-4-3-7-13(15)14-10-17-9-11-5-1-2-6-12(11)14/h1-8,14,17H,9-10H2. The van der Waals surface area contributed by atoms with Crippen LogP contribution in [-0.4, -0.2) is 6.54 Å². The zero-order chi connectivity index (χ0) is 11.7. The molecule has 86 valence electrons. The minimum absolute atomic E-state index is 0.115. The molecule has 2 aromatic carbocycles. The van der Waals surface area contributed by atoms with Crippen LogP contribution >= 0.6 is 0 Å². The van der Waals surface area contributed by atoms with Crippen LogP contribution < -0.4 is 5.32 Å². The molecule has 1 unspecified atom stereocenters. The van der Waals surface area contributed by atoms with Gasteiger partial charge in [0.15, 0.2) is 0 Å². The summed E-state index contributed by atoms with van der Waals surface area (Å²) in [5, 5.41) is 3.35. The van der Waals surface area contributed by atoms with Gasteiger partial charge < -0.3 is 5.32 Å². The first kappa shape index (κ1) is 10.5. The Morgan fingerprint density at radius 1 is 0.941 bits per heavy atom. The summed E-state index contributed by atoms with van der Waals surface area (Å²) >= 11 is 0. The van der Waals surface area contributed by atoms with Crippen LogP contribution in [0.5, 0.6) is 0 Å². The second-order valence-corrected chi connectivity index (χ2v) is 4.40. The average Bonchev–Trinajstić information content (AvgIpc) is 2.39. The smallest absolute Gasteiger partial charge is 0.127 e. The van der Waals surface area contributed by atoms with Gasteiger partial charge in [-0.1, -0.05) is 42.5 Å². The summed E-state index contributed by atoms with van der Waals surface area (Å²) in [5.41, 5.74) is 3.30. The Balaban J connectivity index is 2.09. The number of hydrogen-bond donors (Lipinski definition) is 1. The molecule has 17 heavy (non-hydrogen) atoms. The van der Waals surface area contributed by atoms with Crippen molar-refractivity contribution >= 4 is 0 Å². The van der Waals surface area contributed by atoms with Crippen molar-refractivity contribution in [2.24, 2.45) is 0 Å². The van der Waals surface area contributed by atoms with Crippen LogP contribution in [0.25, 0.3) is 0 Å². The molecule has 0 radical (unpaired) electrons. The van der Waals surface area contributed by atoms with Crippen LogP contribution in [0.4, 0.5) is 4.39 Å². The number of hydrogen-bond acceptors (Lipinski definition) is 1. The molecular formula is C15H14FN. The lowest BCUT2D eigenvalue weighted by Crippen LogP contribution is -2.29. The Bertz CT molecular complexity index is 536. The van der Waals surface area contributed by atoms with Crippen LogP contribution in [0.2, 0.25) is 0 Å². The van der Waals surface area contributed by atoms with Gasteiger partial charge in [0.05, 0.1) is 0 Å². The lowest BCUT2D eigenvalue weighted by atomic mass is 9.85. The normalized spacial score (nSPS) is 18.8. The van der Waals surface area contributed by atoms with E-state index in [1.165, 1.54) is 17.2 Å². The third kappa shape index (κ3) is 1.85. The molecule has 1 aliphatic heterocycles. The number of benzene rings is 2. The lowest BCUT2D eigenvalue weighted by molar-refractivity contribution is 0.551. The molecule has 0 fully saturated rings. The first-order chi connectivity index (χ1) is 8.36. The monoisotopic (exact) mass is 227 g/mol. The second kappa shape index (κ2) is 4.30. The van der Waals surface area contributed by atoms with Crippen LogP contribution in [0.1, 0.15) is 22.6 Å². The van der Waals surface area contributed by atoms with E-state index in [2.05, 4.69) is 17.4 Å². The maximum atomic E-state index is 13.8. The summed E-state index contributed by atoms with van der Waals surface area (Å²) in [5.74, 6) is 0.0113. The molecule has 0 bridgehead atoms. The van der Waals surface area contributed by atoms with Crippen molar-refractivity contribution in [3.63, 3.8) is 0 Å². The highest BCUT2D eigenvalue weighted by Gasteiger charge is 2.22. The van der Waals surface area contributed by atoms with E-state index in [9.17, 15) is 4.39 Å². The maximum absolute atomic E-state index is 13.8. The van der Waals surface area contributed by atoms with Gasteiger partial charge in [-0.2, -0.15) is 0 Å². The third-order valence-electron chi connectivity index (χ3n) is 3.38. The van der Waals surface area contributed by atoms with Crippen LogP contribution in [0.15, 0.2) is 48.5 Å². The molecule has 0 spiro atoms. The SMILES string of the molecule is Fc1ccccc1C1CNCc2ccccc21. The molecule has 1 atom stereocenters. The van der Waals surface area contributed by atoms with E-state index in [-0.39, 0.29) is 11.7 Å². The van der Waals surface area contributed by atoms with E-state index in [0.717, 1.165) is 18.7 Å². The largest absolute Gasteiger partial charge is 0.312 e. The van der Waals surface area contributed by atoms with E-state index in [1.54, 1.807) is 6.07 Å². The number of halogens is 1. The number of nitrogens with one attached hydrogen (secondary N) is 1. The summed E-state index contributed by atoms with van der Waals surface area (Å²) in [6.45, 7) is 1.68. The van der Waals surface area contributed by atoms with Crippen molar-refractivity contribution in [3.05, 3.63) is 71.0 Å². The number of rotatable bonds is 1. The van der Waals surface area contributed by atoms with Gasteiger partial charge in [-0.05, 0) is 22.8 Å². The Morgan fingerprint density at radius 3 is 2.47 bits per heavy atom. The molecule has 2 heteroatoms. The first-order valence-corrected chi connectivity index (χ1v) is 5.89. The van der Waals surface area contributed by atoms with Crippen LogP contribution in [0, 0.1) is 5.82 Å². The van der Waals surface area contributed by atoms with Crippen molar-refractivity contribution in [1.82, 2.24) is 5.32 Å². The summed E-state index contributed by atoms with van der Waals surface area (Å²) in [6, 6.07) is 15.3. The van der Waals surface area contributed by atoms with E-state index < -0.39 is 0 Å². The van der Waals surface area contributed by atoms with Crippen LogP contribution in [0.3, 0.4) is 0 Å². The topological polar surface area (TPSA) is 12.0 Å². The summed E-state index contributed by atoms with van der Waals surface area (Å²) in [6.07, 6.45) is 0. The molecule has 0 saturated heterocycles. The fourth-order valence-corrected chi connectivity index (χ4v) is 2.53. The Morgan fingerprint density at radius 2 is 1.65 bits per heavy atom. The van der Waals surface area contributed by atoms with Gasteiger partial charge in [-0.3, -0.25) is 0 Å². The predicted octanol–water partition coefficient (Wildman–Crippen LogP) is 3.06. The Hall–Kier alpha value is -1.67. The fraction of sp³-hybridized carbons (Fsp3) is 0.200. The highest BCUT2D eigenvalue weighted by atomic mass is 19.1. The minimum Gasteiger partial charge on any atom is -0.312 e. The van der Waals surface area contributed by atoms with Crippen molar-refractivity contribution in [2.75, 3.05) is 6.54 Å². The summed E-state index contributed by atoms with van der Waals surface area (Å²) in [4.78, 5) is 0. The van der Waals surface area contributed by atoms with E-state index in [0.29, 0.717) is 0 Å². The van der Waals surface area contributed by atoms with Gasteiger partial charge >= 0.3 is 0 Å². The molecule has 0 aliphatic carbocycles. The molecular weight excluding hydrogens is 213 g/mol. The second-order valence-electron chi connectivity index (χ2n) is 4.40. The summed E-state index contributed by atoms with van der Waals surface area (Å²) < 4.78 is 13.8. The van der Waals surface area contributed by atoms with E-state index in [4.69, 9.17) is 0 Å². The Kier molecular flexibility index (Phi) is 2.65. The van der Waals surface area contributed by atoms with Gasteiger partial charge in [-0.15, -0.1) is 0 Å². The van der Waals surface area contributed by atoms with Gasteiger partial charge in [0.1, 0.15) is 5.82 Å². The molecule has 1 heterocycles. The van der Waals surface area contributed by atoms with Crippen LogP contribution in [-0.2, 0) is 6.54 Å². The molecule has 0 saturated carbocycles. The van der Waals surface area contributed by atoms with E-state index in [1.807, 2.05) is 24.3 Å². The van der Waals surface area contributed by atoms with Crippen molar-refractivity contribution in [3.8, 4) is 0 Å². The molecule has 1 aliphatic rings. The average molecular weight is 227 g/mol. The molecule has 0 amide bonds. The first-order valence-electron chi connectivity index (χ1n) is 5.89. The molecule has 2 aromatic rings. The van der Waals surface area contributed by atoms with Gasteiger partial charge in [0.25, 0.3) is 0 Å². The predicted molar refractivity (Wildman–Crippen MR) is 66.4 cm³/mol.